The highest BCUT2D eigenvalue weighted by Crippen LogP contribution is 2.66. The molecule has 4 rings (SSSR count). The van der Waals surface area contributed by atoms with Gasteiger partial charge in [0.25, 0.3) is 0 Å². The van der Waals surface area contributed by atoms with E-state index in [1.807, 2.05) is 6.92 Å². The molecule has 0 amide bonds. The fraction of sp³-hybridized carbons (Fsp3) is 0.952. The van der Waals surface area contributed by atoms with Crippen LogP contribution in [0.25, 0.3) is 0 Å². The highest BCUT2D eigenvalue weighted by Gasteiger charge is 2.63. The summed E-state index contributed by atoms with van der Waals surface area (Å²) in [6.45, 7) is 6.72. The Morgan fingerprint density at radius 3 is 2.57 bits per heavy atom. The molecule has 23 heavy (non-hydrogen) atoms. The topological polar surface area (TPSA) is 37.3 Å². The molecule has 0 aliphatic heterocycles. The molecule has 2 unspecified atom stereocenters. The van der Waals surface area contributed by atoms with Crippen molar-refractivity contribution in [2.75, 3.05) is 0 Å². The number of rotatable bonds is 1. The SMILES string of the molecule is CC(O)[C@H]1CC[C@H]2[C@@H]3CCC4CCCC[C@]4(C)[C@H]3C(=O)C[C@]12C. The maximum atomic E-state index is 13.3. The van der Waals surface area contributed by atoms with Gasteiger partial charge in [-0.3, -0.25) is 4.79 Å². The van der Waals surface area contributed by atoms with E-state index in [1.54, 1.807) is 0 Å². The van der Waals surface area contributed by atoms with Crippen LogP contribution in [0.15, 0.2) is 0 Å². The molecule has 4 fully saturated rings. The predicted molar refractivity (Wildman–Crippen MR) is 91.9 cm³/mol. The van der Waals surface area contributed by atoms with Crippen LogP contribution >= 0.6 is 0 Å². The summed E-state index contributed by atoms with van der Waals surface area (Å²) < 4.78 is 0. The summed E-state index contributed by atoms with van der Waals surface area (Å²) in [6.07, 6.45) is 10.8. The van der Waals surface area contributed by atoms with Crippen molar-refractivity contribution in [1.29, 1.82) is 0 Å². The first-order valence-electron chi connectivity index (χ1n) is 10.1. The van der Waals surface area contributed by atoms with Crippen molar-refractivity contribution >= 4 is 5.78 Å². The Balaban J connectivity index is 1.69. The van der Waals surface area contributed by atoms with Crippen molar-refractivity contribution in [2.45, 2.75) is 84.7 Å². The summed E-state index contributed by atoms with van der Waals surface area (Å²) in [6, 6.07) is 0. The molecular formula is C21H34O2. The summed E-state index contributed by atoms with van der Waals surface area (Å²) in [5.41, 5.74) is 0.340. The maximum absolute atomic E-state index is 13.3. The van der Waals surface area contributed by atoms with Crippen molar-refractivity contribution in [3.05, 3.63) is 0 Å². The quantitative estimate of drug-likeness (QED) is 0.767. The van der Waals surface area contributed by atoms with Gasteiger partial charge in [0.2, 0.25) is 0 Å². The molecule has 130 valence electrons. The van der Waals surface area contributed by atoms with Crippen molar-refractivity contribution in [1.82, 2.24) is 0 Å². The highest BCUT2D eigenvalue weighted by atomic mass is 16.3. The molecule has 2 nitrogen and oxygen atoms in total. The van der Waals surface area contributed by atoms with Gasteiger partial charge in [-0.2, -0.15) is 0 Å². The predicted octanol–water partition coefficient (Wildman–Crippen LogP) is 4.60. The Hall–Kier alpha value is -0.370. The summed E-state index contributed by atoms with van der Waals surface area (Å²) in [5, 5.41) is 10.3. The Morgan fingerprint density at radius 1 is 1.04 bits per heavy atom. The molecule has 0 bridgehead atoms. The molecule has 4 aliphatic rings. The fourth-order valence-corrected chi connectivity index (χ4v) is 7.94. The molecule has 0 aromatic rings. The van der Waals surface area contributed by atoms with Crippen molar-refractivity contribution < 1.29 is 9.90 Å². The maximum Gasteiger partial charge on any atom is 0.137 e. The molecule has 2 heteroatoms. The Labute approximate surface area is 141 Å². The van der Waals surface area contributed by atoms with E-state index >= 15 is 0 Å². The second-order valence-corrected chi connectivity index (χ2v) is 9.85. The number of hydrogen-bond donors (Lipinski definition) is 1. The lowest BCUT2D eigenvalue weighted by Crippen LogP contribution is -2.57. The second-order valence-electron chi connectivity index (χ2n) is 9.85. The molecule has 8 atom stereocenters. The third-order valence-electron chi connectivity index (χ3n) is 8.92. The number of aliphatic hydroxyl groups excluding tert-OH is 1. The molecule has 0 spiro atoms. The number of ketones is 1. The summed E-state index contributed by atoms with van der Waals surface area (Å²) in [5.74, 6) is 3.27. The summed E-state index contributed by atoms with van der Waals surface area (Å²) in [7, 11) is 0. The van der Waals surface area contributed by atoms with Crippen LogP contribution in [-0.4, -0.2) is 17.0 Å². The molecule has 0 saturated heterocycles. The largest absolute Gasteiger partial charge is 0.393 e. The van der Waals surface area contributed by atoms with Crippen LogP contribution in [0.1, 0.15) is 78.6 Å². The van der Waals surface area contributed by atoms with Gasteiger partial charge < -0.3 is 5.11 Å². The molecule has 0 aromatic heterocycles. The first-order valence-corrected chi connectivity index (χ1v) is 10.1. The monoisotopic (exact) mass is 318 g/mol. The number of hydrogen-bond acceptors (Lipinski definition) is 2. The molecule has 0 heterocycles. The van der Waals surface area contributed by atoms with Gasteiger partial charge in [-0.05, 0) is 80.0 Å². The van der Waals surface area contributed by atoms with Gasteiger partial charge >= 0.3 is 0 Å². The lowest BCUT2D eigenvalue weighted by Gasteiger charge is -2.59. The van der Waals surface area contributed by atoms with E-state index in [0.29, 0.717) is 29.5 Å². The van der Waals surface area contributed by atoms with Crippen molar-refractivity contribution in [3.8, 4) is 0 Å². The number of Topliss-reactive ketones (excluding diaryl/α,β-unsaturated/α-hetero) is 1. The standard InChI is InChI=1S/C21H34O2/c1-13(22)16-9-10-17-15-8-7-14-6-4-5-11-20(14,2)19(15)18(23)12-21(16,17)3/h13-17,19,22H,4-12H2,1-3H3/t13?,14?,15-,16+,17-,19+,20-,21+/m0/s1. The van der Waals surface area contributed by atoms with E-state index in [9.17, 15) is 9.90 Å². The van der Waals surface area contributed by atoms with Crippen molar-refractivity contribution in [2.24, 2.45) is 40.4 Å². The van der Waals surface area contributed by atoms with E-state index in [0.717, 1.165) is 18.8 Å². The van der Waals surface area contributed by atoms with Gasteiger partial charge in [-0.25, -0.2) is 0 Å². The van der Waals surface area contributed by atoms with Gasteiger partial charge in [-0.15, -0.1) is 0 Å². The minimum Gasteiger partial charge on any atom is -0.393 e. The van der Waals surface area contributed by atoms with Crippen LogP contribution in [0.4, 0.5) is 0 Å². The van der Waals surface area contributed by atoms with Crippen LogP contribution in [0.5, 0.6) is 0 Å². The van der Waals surface area contributed by atoms with E-state index in [4.69, 9.17) is 0 Å². The highest BCUT2D eigenvalue weighted by molar-refractivity contribution is 5.84. The van der Waals surface area contributed by atoms with Crippen molar-refractivity contribution in [3.63, 3.8) is 0 Å². The third-order valence-corrected chi connectivity index (χ3v) is 8.92. The average Bonchev–Trinajstić information content (AvgIpc) is 2.82. The zero-order valence-corrected chi connectivity index (χ0v) is 15.2. The normalized spacial score (nSPS) is 54.1. The van der Waals surface area contributed by atoms with Crippen LogP contribution in [0, 0.1) is 40.4 Å². The molecule has 4 saturated carbocycles. The number of carbonyl (C=O) groups is 1. The van der Waals surface area contributed by atoms with Crippen LogP contribution < -0.4 is 0 Å². The number of aliphatic hydroxyl groups is 1. The molecule has 0 aromatic carbocycles. The fourth-order valence-electron chi connectivity index (χ4n) is 7.94. The Bertz CT molecular complexity index is 498. The summed E-state index contributed by atoms with van der Waals surface area (Å²) in [4.78, 5) is 13.3. The lowest BCUT2D eigenvalue weighted by atomic mass is 9.44. The molecular weight excluding hydrogens is 284 g/mol. The van der Waals surface area contributed by atoms with E-state index in [-0.39, 0.29) is 16.9 Å². The Morgan fingerprint density at radius 2 is 1.83 bits per heavy atom. The second kappa shape index (κ2) is 5.31. The van der Waals surface area contributed by atoms with Gasteiger partial charge in [0, 0.05) is 12.3 Å². The first kappa shape index (κ1) is 16.1. The van der Waals surface area contributed by atoms with E-state index in [1.165, 1.54) is 44.9 Å². The van der Waals surface area contributed by atoms with E-state index in [2.05, 4.69) is 13.8 Å². The molecule has 4 aliphatic carbocycles. The zero-order chi connectivity index (χ0) is 16.4. The molecule has 0 radical (unpaired) electrons. The zero-order valence-electron chi connectivity index (χ0n) is 15.2. The molecule has 1 N–H and O–H groups in total. The van der Waals surface area contributed by atoms with Crippen LogP contribution in [0.2, 0.25) is 0 Å². The third kappa shape index (κ3) is 2.12. The van der Waals surface area contributed by atoms with Crippen LogP contribution in [-0.2, 0) is 4.79 Å². The number of fused-ring (bicyclic) bond motifs is 5. The van der Waals surface area contributed by atoms with Gasteiger partial charge in [0.15, 0.2) is 0 Å². The van der Waals surface area contributed by atoms with E-state index < -0.39 is 0 Å². The van der Waals surface area contributed by atoms with Gasteiger partial charge in [0.05, 0.1) is 6.10 Å². The Kier molecular flexibility index (Phi) is 3.72. The van der Waals surface area contributed by atoms with Gasteiger partial charge in [-0.1, -0.05) is 26.7 Å². The summed E-state index contributed by atoms with van der Waals surface area (Å²) >= 11 is 0. The first-order chi connectivity index (χ1) is 10.9. The van der Waals surface area contributed by atoms with Gasteiger partial charge in [0.1, 0.15) is 5.78 Å². The minimum absolute atomic E-state index is 0.0598. The lowest BCUT2D eigenvalue weighted by molar-refractivity contribution is -0.159. The minimum atomic E-state index is -0.268. The number of carbonyl (C=O) groups excluding carboxylic acids is 1. The average molecular weight is 319 g/mol. The van der Waals surface area contributed by atoms with Crippen LogP contribution in [0.3, 0.4) is 0 Å². The smallest absolute Gasteiger partial charge is 0.137 e.